The number of nitrogens with one attached hydrogen (secondary N) is 1. The average molecular weight is 623 g/mol. The molecule has 0 spiro atoms. The molecule has 8 nitrogen and oxygen atoms in total. The van der Waals surface area contributed by atoms with Crippen molar-refractivity contribution in [3.8, 4) is 11.5 Å². The van der Waals surface area contributed by atoms with E-state index in [4.69, 9.17) is 16.3 Å². The lowest BCUT2D eigenvalue weighted by Crippen LogP contribution is -2.42. The molecule has 6 rings (SSSR count). The first-order chi connectivity index (χ1) is 18.3. The Kier molecular flexibility index (Phi) is 8.84. The van der Waals surface area contributed by atoms with Crippen molar-refractivity contribution in [1.29, 1.82) is 0 Å². The van der Waals surface area contributed by atoms with Gasteiger partial charge in [0.15, 0.2) is 5.76 Å². The van der Waals surface area contributed by atoms with E-state index >= 15 is 0 Å². The molecule has 0 radical (unpaired) electrons. The molecule has 1 saturated heterocycles. The van der Waals surface area contributed by atoms with Crippen LogP contribution in [0.4, 0.5) is 0 Å². The fourth-order valence-electron chi connectivity index (χ4n) is 4.93. The number of ether oxygens (including phenoxy) is 1. The van der Waals surface area contributed by atoms with E-state index in [0.29, 0.717) is 39.9 Å². The number of fused-ring (bicyclic) bond motifs is 2. The minimum absolute atomic E-state index is 0. The zero-order chi connectivity index (χ0) is 26.4. The van der Waals surface area contributed by atoms with Gasteiger partial charge >= 0.3 is 0 Å². The van der Waals surface area contributed by atoms with E-state index < -0.39 is 10.0 Å². The van der Waals surface area contributed by atoms with Crippen molar-refractivity contribution in [2.45, 2.75) is 11.4 Å². The summed E-state index contributed by atoms with van der Waals surface area (Å²) >= 11 is 6.23. The van der Waals surface area contributed by atoms with Crippen LogP contribution >= 0.6 is 36.4 Å². The number of ketones is 1. The van der Waals surface area contributed by atoms with Crippen LogP contribution < -0.4 is 10.1 Å². The van der Waals surface area contributed by atoms with Crippen molar-refractivity contribution >= 4 is 69.2 Å². The molecule has 2 aliphatic rings. The molecule has 210 valence electrons. The number of Topliss-reactive ketones (excluding diaryl/α,β-unsaturated/α-hetero) is 1. The van der Waals surface area contributed by atoms with Gasteiger partial charge in [0.05, 0.1) is 21.7 Å². The van der Waals surface area contributed by atoms with Gasteiger partial charge in [0, 0.05) is 49.9 Å². The predicted octanol–water partition coefficient (Wildman–Crippen LogP) is 5.10. The van der Waals surface area contributed by atoms with Gasteiger partial charge in [-0.05, 0) is 36.4 Å². The van der Waals surface area contributed by atoms with Crippen LogP contribution in [0.1, 0.15) is 21.5 Å². The lowest BCUT2D eigenvalue weighted by atomic mass is 10.0. The second-order valence-electron chi connectivity index (χ2n) is 9.24. The lowest BCUT2D eigenvalue weighted by molar-refractivity contribution is 0.101. The second kappa shape index (κ2) is 11.8. The number of hydrogen-bond donors (Lipinski definition) is 2. The number of aromatic hydroxyl groups is 1. The van der Waals surface area contributed by atoms with Crippen LogP contribution in [-0.2, 0) is 16.6 Å². The molecule has 0 atom stereocenters. The highest BCUT2D eigenvalue weighted by atomic mass is 35.5. The van der Waals surface area contributed by atoms with Gasteiger partial charge in [-0.1, -0.05) is 41.9 Å². The molecule has 40 heavy (non-hydrogen) atoms. The van der Waals surface area contributed by atoms with Gasteiger partial charge < -0.3 is 15.2 Å². The molecular weight excluding hydrogens is 597 g/mol. The van der Waals surface area contributed by atoms with Crippen molar-refractivity contribution in [3.63, 3.8) is 0 Å². The summed E-state index contributed by atoms with van der Waals surface area (Å²) in [6.07, 6.45) is 3.02. The number of benzene rings is 3. The van der Waals surface area contributed by atoms with Crippen LogP contribution in [-0.4, -0.2) is 54.4 Å². The number of rotatable bonds is 5. The van der Waals surface area contributed by atoms with Crippen molar-refractivity contribution in [2.75, 3.05) is 26.2 Å². The van der Waals surface area contributed by atoms with Crippen LogP contribution in [0.3, 0.4) is 0 Å². The SMILES string of the molecule is Cl.Cl.O=C1C(=Cc2cn(S(=O)(=O)c3ccccc3Cl)c3ccccc23)Oc2c1ccc(O)c2CN1CCNCC1. The largest absolute Gasteiger partial charge is 0.507 e. The van der Waals surface area contributed by atoms with Crippen LogP contribution in [0, 0.1) is 0 Å². The Bertz CT molecular complexity index is 1730. The third-order valence-corrected chi connectivity index (χ3v) is 9.05. The Hall–Kier alpha value is -3.05. The van der Waals surface area contributed by atoms with Crippen LogP contribution in [0.2, 0.25) is 5.02 Å². The van der Waals surface area contributed by atoms with Crippen molar-refractivity contribution in [1.82, 2.24) is 14.2 Å². The molecule has 0 unspecified atom stereocenters. The summed E-state index contributed by atoms with van der Waals surface area (Å²) < 4.78 is 34.3. The number of piperazine rings is 1. The first kappa shape index (κ1) is 29.9. The lowest BCUT2D eigenvalue weighted by Gasteiger charge is -2.27. The summed E-state index contributed by atoms with van der Waals surface area (Å²) in [7, 11) is -4.02. The molecule has 0 aliphatic carbocycles. The minimum atomic E-state index is -4.02. The highest BCUT2D eigenvalue weighted by molar-refractivity contribution is 7.90. The number of nitrogens with zero attached hydrogens (tertiary/aromatic N) is 2. The molecule has 12 heteroatoms. The molecule has 1 aromatic heterocycles. The van der Waals surface area contributed by atoms with Gasteiger partial charge in [-0.2, -0.15) is 0 Å². The molecule has 0 saturated carbocycles. The number of hydrogen-bond acceptors (Lipinski definition) is 7. The molecular formula is C28H26Cl3N3O5S. The fraction of sp³-hybridized carbons (Fsp3) is 0.179. The second-order valence-corrected chi connectivity index (χ2v) is 11.4. The normalized spacial score (nSPS) is 16.3. The van der Waals surface area contributed by atoms with Crippen LogP contribution in [0.25, 0.3) is 17.0 Å². The Morgan fingerprint density at radius 1 is 1.00 bits per heavy atom. The Balaban J connectivity index is 0.00000185. The molecule has 0 amide bonds. The zero-order valence-corrected chi connectivity index (χ0v) is 24.2. The van der Waals surface area contributed by atoms with Gasteiger partial charge in [-0.25, -0.2) is 12.4 Å². The number of phenolic OH excluding ortho intramolecular Hbond substituents is 1. The van der Waals surface area contributed by atoms with E-state index in [1.54, 1.807) is 48.5 Å². The topological polar surface area (TPSA) is 101 Å². The molecule has 3 aromatic carbocycles. The van der Waals surface area contributed by atoms with Crippen molar-refractivity contribution < 1.29 is 23.1 Å². The molecule has 2 N–H and O–H groups in total. The summed E-state index contributed by atoms with van der Waals surface area (Å²) in [5, 5.41) is 14.6. The van der Waals surface area contributed by atoms with Crippen molar-refractivity contribution in [2.24, 2.45) is 0 Å². The highest BCUT2D eigenvalue weighted by Crippen LogP contribution is 2.41. The van der Waals surface area contributed by atoms with Crippen molar-refractivity contribution in [3.05, 3.63) is 94.3 Å². The first-order valence-corrected chi connectivity index (χ1v) is 14.0. The van der Waals surface area contributed by atoms with E-state index in [-0.39, 0.29) is 52.0 Å². The third kappa shape index (κ3) is 5.21. The predicted molar refractivity (Wildman–Crippen MR) is 160 cm³/mol. The van der Waals surface area contributed by atoms with Gasteiger partial charge in [0.25, 0.3) is 10.0 Å². The smallest absolute Gasteiger partial charge is 0.269 e. The summed E-state index contributed by atoms with van der Waals surface area (Å²) in [6, 6.07) is 16.4. The average Bonchev–Trinajstić information content (AvgIpc) is 3.45. The molecule has 3 heterocycles. The summed E-state index contributed by atoms with van der Waals surface area (Å²) in [6.45, 7) is 3.79. The van der Waals surface area contributed by atoms with Crippen LogP contribution in [0.5, 0.6) is 11.5 Å². The molecule has 4 aromatic rings. The van der Waals surface area contributed by atoms with Gasteiger partial charge in [-0.3, -0.25) is 9.69 Å². The maximum Gasteiger partial charge on any atom is 0.269 e. The standard InChI is InChI=1S/C28H24ClN3O5S.2ClH/c29-22-6-2-4-8-26(22)38(35,36)32-16-18(19-5-1-3-7-23(19)32)15-25-27(34)20-9-10-24(33)21(28(20)37-25)17-31-13-11-30-12-14-31;;/h1-10,15-16,30,33H,11-14,17H2;2*1H. The maximum absolute atomic E-state index is 13.6. The van der Waals surface area contributed by atoms with E-state index in [9.17, 15) is 18.3 Å². The number of allylic oxidation sites excluding steroid dienone is 1. The monoisotopic (exact) mass is 621 g/mol. The van der Waals surface area contributed by atoms with E-state index in [0.717, 1.165) is 26.2 Å². The molecule has 2 aliphatic heterocycles. The number of phenols is 1. The third-order valence-electron chi connectivity index (χ3n) is 6.88. The number of aromatic nitrogens is 1. The number of halogens is 3. The number of carbonyl (C=O) groups is 1. The highest BCUT2D eigenvalue weighted by Gasteiger charge is 2.32. The number of para-hydroxylation sites is 1. The fourth-order valence-corrected chi connectivity index (χ4v) is 6.81. The van der Waals surface area contributed by atoms with Crippen LogP contribution in [0.15, 0.2) is 77.5 Å². The maximum atomic E-state index is 13.6. The van der Waals surface area contributed by atoms with E-state index in [2.05, 4.69) is 10.2 Å². The molecule has 0 bridgehead atoms. The quantitative estimate of drug-likeness (QED) is 0.299. The zero-order valence-electron chi connectivity index (χ0n) is 21.0. The minimum Gasteiger partial charge on any atom is -0.507 e. The van der Waals surface area contributed by atoms with Gasteiger partial charge in [-0.15, -0.1) is 24.8 Å². The van der Waals surface area contributed by atoms with E-state index in [1.807, 2.05) is 0 Å². The summed E-state index contributed by atoms with van der Waals surface area (Å²) in [4.78, 5) is 15.5. The first-order valence-electron chi connectivity index (χ1n) is 12.2. The molecule has 1 fully saturated rings. The Morgan fingerprint density at radius 2 is 1.70 bits per heavy atom. The summed E-state index contributed by atoms with van der Waals surface area (Å²) in [5.74, 6) is 0.142. The summed E-state index contributed by atoms with van der Waals surface area (Å²) in [5.41, 5.74) is 1.87. The number of carbonyl (C=O) groups excluding carboxylic acids is 1. The Morgan fingerprint density at radius 3 is 2.45 bits per heavy atom. The Labute approximate surface area is 249 Å². The van der Waals surface area contributed by atoms with E-state index in [1.165, 1.54) is 28.4 Å². The van der Waals surface area contributed by atoms with Gasteiger partial charge in [0.1, 0.15) is 16.4 Å². The van der Waals surface area contributed by atoms with Gasteiger partial charge in [0.2, 0.25) is 5.78 Å².